The molecule has 4 rings (SSSR count). The minimum Gasteiger partial charge on any atom is -0.504 e. The zero-order valence-corrected chi connectivity index (χ0v) is 19.5. The Morgan fingerprint density at radius 1 is 1.10 bits per heavy atom. The fourth-order valence-electron chi connectivity index (χ4n) is 3.18. The topological polar surface area (TPSA) is 45.1 Å². The molecule has 1 N–H and O–H groups in total. The first-order valence-electron chi connectivity index (χ1n) is 9.64. The lowest BCUT2D eigenvalue weighted by molar-refractivity contribution is 0.366. The van der Waals surface area contributed by atoms with Crippen molar-refractivity contribution in [2.24, 2.45) is 4.99 Å². The highest BCUT2D eigenvalue weighted by atomic mass is 127. The van der Waals surface area contributed by atoms with E-state index in [1.807, 2.05) is 42.5 Å². The summed E-state index contributed by atoms with van der Waals surface area (Å²) >= 11 is 3.67. The second kappa shape index (κ2) is 10.2. The van der Waals surface area contributed by atoms with Gasteiger partial charge in [-0.05, 0) is 76.2 Å². The Morgan fingerprint density at radius 2 is 1.87 bits per heavy atom. The second-order valence-corrected chi connectivity index (χ2v) is 8.56. The Bertz CT molecular complexity index is 1100. The van der Waals surface area contributed by atoms with E-state index in [4.69, 9.17) is 9.73 Å². The van der Waals surface area contributed by atoms with Crippen LogP contribution in [0.3, 0.4) is 0 Å². The molecule has 4 nitrogen and oxygen atoms in total. The average Bonchev–Trinajstić information content (AvgIpc) is 3.18. The van der Waals surface area contributed by atoms with Gasteiger partial charge in [-0.1, -0.05) is 48.2 Å². The van der Waals surface area contributed by atoms with Gasteiger partial charge in [-0.2, -0.15) is 0 Å². The number of anilines is 1. The summed E-state index contributed by atoms with van der Waals surface area (Å²) in [6, 6.07) is 21.9. The molecular weight excluding hydrogens is 526 g/mol. The minimum atomic E-state index is -0.265. The van der Waals surface area contributed by atoms with E-state index in [2.05, 4.69) is 27.5 Å². The van der Waals surface area contributed by atoms with Crippen LogP contribution in [0.2, 0.25) is 0 Å². The number of rotatable bonds is 6. The minimum absolute atomic E-state index is 0.113. The number of nitrogens with zero attached hydrogens (tertiary/aromatic N) is 2. The Balaban J connectivity index is 1.61. The standard InChI is InChI=1S/C24H20FIN2O2S/c25-19-7-9-20(10-8-19)28-15-21(12-18-6-11-23(30-16-26)22(29)13-18)31-24(28)27-14-17-4-2-1-3-5-17/h1-13,29H,14-16H2/b21-12-,27-24?. The van der Waals surface area contributed by atoms with Gasteiger partial charge in [0.15, 0.2) is 16.7 Å². The predicted octanol–water partition coefficient (Wildman–Crippen LogP) is 6.45. The third-order valence-electron chi connectivity index (χ3n) is 4.67. The third kappa shape index (κ3) is 5.59. The highest BCUT2D eigenvalue weighted by molar-refractivity contribution is 14.1. The number of benzene rings is 3. The number of ether oxygens (including phenoxy) is 1. The van der Waals surface area contributed by atoms with Crippen molar-refractivity contribution in [2.45, 2.75) is 6.54 Å². The summed E-state index contributed by atoms with van der Waals surface area (Å²) in [4.78, 5) is 7.98. The number of alkyl halides is 1. The van der Waals surface area contributed by atoms with Crippen LogP contribution >= 0.6 is 34.4 Å². The number of thioether (sulfide) groups is 1. The maximum atomic E-state index is 13.4. The fourth-order valence-corrected chi connectivity index (χ4v) is 4.54. The van der Waals surface area contributed by atoms with E-state index in [1.165, 1.54) is 12.1 Å². The summed E-state index contributed by atoms with van der Waals surface area (Å²) < 4.78 is 19.3. The van der Waals surface area contributed by atoms with Gasteiger partial charge in [0.05, 0.1) is 13.1 Å². The van der Waals surface area contributed by atoms with Crippen LogP contribution in [-0.4, -0.2) is 21.4 Å². The van der Waals surface area contributed by atoms with Gasteiger partial charge in [0.2, 0.25) is 0 Å². The number of phenols is 1. The largest absolute Gasteiger partial charge is 0.504 e. The van der Waals surface area contributed by atoms with E-state index in [-0.39, 0.29) is 11.6 Å². The first-order chi connectivity index (χ1) is 15.1. The van der Waals surface area contributed by atoms with Crippen LogP contribution in [0.25, 0.3) is 6.08 Å². The lowest BCUT2D eigenvalue weighted by Gasteiger charge is -2.17. The van der Waals surface area contributed by atoms with E-state index < -0.39 is 0 Å². The molecule has 0 unspecified atom stereocenters. The number of phenolic OH excluding ortho intramolecular Hbond substituents is 1. The SMILES string of the molecule is Oc1cc(/C=C2/CN(c3ccc(F)cc3)C(=NCc3ccccc3)S2)ccc1OCI. The molecule has 1 heterocycles. The van der Waals surface area contributed by atoms with Gasteiger partial charge >= 0.3 is 0 Å². The van der Waals surface area contributed by atoms with Gasteiger partial charge in [-0.15, -0.1) is 0 Å². The molecule has 1 saturated heterocycles. The number of halogens is 2. The molecule has 1 aliphatic heterocycles. The van der Waals surface area contributed by atoms with Crippen LogP contribution in [0.4, 0.5) is 10.1 Å². The highest BCUT2D eigenvalue weighted by Gasteiger charge is 2.25. The number of aromatic hydroxyl groups is 1. The molecule has 0 bridgehead atoms. The van der Waals surface area contributed by atoms with E-state index in [9.17, 15) is 9.50 Å². The van der Waals surface area contributed by atoms with Crippen molar-refractivity contribution in [3.8, 4) is 11.5 Å². The molecule has 0 amide bonds. The van der Waals surface area contributed by atoms with Crippen LogP contribution in [0.15, 0.2) is 82.7 Å². The van der Waals surface area contributed by atoms with Crippen molar-refractivity contribution in [3.63, 3.8) is 0 Å². The molecule has 31 heavy (non-hydrogen) atoms. The average molecular weight is 546 g/mol. The maximum absolute atomic E-state index is 13.4. The van der Waals surface area contributed by atoms with Crippen molar-refractivity contribution in [2.75, 3.05) is 16.1 Å². The summed E-state index contributed by atoms with van der Waals surface area (Å²) in [6.07, 6.45) is 2.03. The van der Waals surface area contributed by atoms with Gasteiger partial charge < -0.3 is 14.7 Å². The fraction of sp³-hybridized carbons (Fsp3) is 0.125. The van der Waals surface area contributed by atoms with Gasteiger partial charge in [0.1, 0.15) is 10.4 Å². The van der Waals surface area contributed by atoms with E-state index in [0.717, 1.165) is 26.9 Å². The highest BCUT2D eigenvalue weighted by Crippen LogP contribution is 2.36. The smallest absolute Gasteiger partial charge is 0.169 e. The van der Waals surface area contributed by atoms with E-state index >= 15 is 0 Å². The Labute approximate surface area is 198 Å². The molecule has 3 aromatic carbocycles. The molecule has 3 aromatic rings. The number of hydrogen-bond donors (Lipinski definition) is 1. The molecule has 0 atom stereocenters. The maximum Gasteiger partial charge on any atom is 0.169 e. The lowest BCUT2D eigenvalue weighted by Crippen LogP contribution is -2.23. The van der Waals surface area contributed by atoms with Crippen molar-refractivity contribution < 1.29 is 14.2 Å². The first kappa shape index (κ1) is 21.7. The second-order valence-electron chi connectivity index (χ2n) is 6.84. The summed E-state index contributed by atoms with van der Waals surface area (Å²) in [6.45, 7) is 1.19. The molecule has 1 fully saturated rings. The predicted molar refractivity (Wildman–Crippen MR) is 135 cm³/mol. The summed E-state index contributed by atoms with van der Waals surface area (Å²) in [7, 11) is 0. The Hall–Kier alpha value is -2.52. The van der Waals surface area contributed by atoms with Crippen LogP contribution < -0.4 is 9.64 Å². The number of amidine groups is 1. The normalized spacial score (nSPS) is 16.3. The molecule has 7 heteroatoms. The van der Waals surface area contributed by atoms with E-state index in [0.29, 0.717) is 23.5 Å². The van der Waals surface area contributed by atoms with Crippen molar-refractivity contribution in [1.82, 2.24) is 0 Å². The van der Waals surface area contributed by atoms with Gasteiger partial charge in [-0.3, -0.25) is 4.99 Å². The zero-order valence-electron chi connectivity index (χ0n) is 16.5. The van der Waals surface area contributed by atoms with Gasteiger partial charge in [-0.25, -0.2) is 4.39 Å². The molecular formula is C24H20FIN2O2S. The monoisotopic (exact) mass is 546 g/mol. The van der Waals surface area contributed by atoms with Crippen molar-refractivity contribution >= 4 is 51.3 Å². The van der Waals surface area contributed by atoms with Gasteiger partial charge in [0.25, 0.3) is 0 Å². The lowest BCUT2D eigenvalue weighted by atomic mass is 10.2. The number of hydrogen-bond acceptors (Lipinski definition) is 4. The zero-order chi connectivity index (χ0) is 21.6. The quantitative estimate of drug-likeness (QED) is 0.285. The Kier molecular flexibility index (Phi) is 7.14. The van der Waals surface area contributed by atoms with Crippen LogP contribution in [0.5, 0.6) is 11.5 Å². The molecule has 0 saturated carbocycles. The molecule has 0 spiro atoms. The van der Waals surface area contributed by atoms with Gasteiger partial charge in [0, 0.05) is 10.6 Å². The Morgan fingerprint density at radius 3 is 2.58 bits per heavy atom. The molecule has 0 aliphatic carbocycles. The summed E-state index contributed by atoms with van der Waals surface area (Å²) in [5, 5.41) is 11.0. The van der Waals surface area contributed by atoms with Crippen LogP contribution in [0.1, 0.15) is 11.1 Å². The first-order valence-corrected chi connectivity index (χ1v) is 12.0. The third-order valence-corrected chi connectivity index (χ3v) is 6.02. The molecule has 0 aromatic heterocycles. The molecule has 0 radical (unpaired) electrons. The summed E-state index contributed by atoms with van der Waals surface area (Å²) in [5.74, 6) is 0.314. The van der Waals surface area contributed by atoms with Crippen LogP contribution in [0, 0.1) is 5.82 Å². The summed E-state index contributed by atoms with van der Waals surface area (Å²) in [5.41, 5.74) is 2.89. The van der Waals surface area contributed by atoms with Crippen molar-refractivity contribution in [3.05, 3.63) is 94.6 Å². The van der Waals surface area contributed by atoms with E-state index in [1.54, 1.807) is 36.0 Å². The number of aliphatic imine (C=N–C) groups is 1. The van der Waals surface area contributed by atoms with Crippen LogP contribution in [-0.2, 0) is 6.54 Å². The molecule has 158 valence electrons. The van der Waals surface area contributed by atoms with Crippen molar-refractivity contribution in [1.29, 1.82) is 0 Å². The molecule has 1 aliphatic rings.